The van der Waals surface area contributed by atoms with Crippen LogP contribution in [-0.4, -0.2) is 13.6 Å². The van der Waals surface area contributed by atoms with Crippen molar-refractivity contribution in [2.45, 2.75) is 6.92 Å². The van der Waals surface area contributed by atoms with Gasteiger partial charge in [0.15, 0.2) is 0 Å². The van der Waals surface area contributed by atoms with Crippen LogP contribution in [0.5, 0.6) is 5.75 Å². The Morgan fingerprint density at radius 2 is 1.69 bits per heavy atom. The Bertz CT molecular complexity index is 268. The Hall–Kier alpha value is -1.13. The van der Waals surface area contributed by atoms with Gasteiger partial charge >= 0.3 is 6.98 Å². The van der Waals surface area contributed by atoms with E-state index in [1.165, 1.54) is 12.1 Å². The van der Waals surface area contributed by atoms with Gasteiger partial charge in [0.2, 0.25) is 0 Å². The molecular weight excluding hydrogens is 180 g/mol. The molecule has 0 atom stereocenters. The molecule has 1 aromatic rings. The Kier molecular flexibility index (Phi) is 2.85. The van der Waals surface area contributed by atoms with Crippen molar-refractivity contribution in [2.24, 2.45) is 0 Å². The lowest BCUT2D eigenvalue weighted by Gasteiger charge is -2.14. The fourth-order valence-corrected chi connectivity index (χ4v) is 0.949. The Morgan fingerprint density at radius 1 is 1.15 bits per heavy atom. The van der Waals surface area contributed by atoms with E-state index in [0.29, 0.717) is 12.4 Å². The van der Waals surface area contributed by atoms with Crippen LogP contribution in [0.2, 0.25) is 0 Å². The summed E-state index contributed by atoms with van der Waals surface area (Å²) in [5.41, 5.74) is -0.594. The normalized spacial score (nSPS) is 11.4. The molecule has 0 saturated heterocycles. The third kappa shape index (κ3) is 2.68. The minimum Gasteiger partial charge on any atom is -0.494 e. The highest BCUT2D eigenvalue weighted by Gasteiger charge is 2.24. The molecule has 0 N–H and O–H groups in total. The zero-order valence-electron chi connectivity index (χ0n) is 7.14. The molecule has 0 heterocycles. The molecule has 0 aliphatic rings. The second-order valence-corrected chi connectivity index (χ2v) is 2.58. The van der Waals surface area contributed by atoms with Gasteiger partial charge in [-0.25, -0.2) is 0 Å². The summed E-state index contributed by atoms with van der Waals surface area (Å²) in [4.78, 5) is 0. The highest BCUT2D eigenvalue weighted by Crippen LogP contribution is 2.13. The molecule has 1 rings (SSSR count). The molecule has 0 bridgehead atoms. The number of rotatable bonds is 3. The van der Waals surface area contributed by atoms with Gasteiger partial charge in [-0.1, -0.05) is 12.1 Å². The van der Waals surface area contributed by atoms with Crippen molar-refractivity contribution in [1.82, 2.24) is 0 Å². The minimum absolute atomic E-state index is 0.455. The number of hydrogen-bond acceptors (Lipinski definition) is 1. The summed E-state index contributed by atoms with van der Waals surface area (Å²) >= 11 is 0. The van der Waals surface area contributed by atoms with E-state index in [1.54, 1.807) is 6.92 Å². The maximum absolute atomic E-state index is 12.1. The van der Waals surface area contributed by atoms with Crippen molar-refractivity contribution >= 4 is 12.4 Å². The molecule has 0 amide bonds. The van der Waals surface area contributed by atoms with E-state index < -0.39 is 12.4 Å². The Morgan fingerprint density at radius 3 is 2.08 bits per heavy atom. The second kappa shape index (κ2) is 3.72. The van der Waals surface area contributed by atoms with Gasteiger partial charge in [-0.2, -0.15) is 0 Å². The average molecular weight is 189 g/mol. The number of halogens is 3. The number of hydrogen-bond donors (Lipinski definition) is 0. The van der Waals surface area contributed by atoms with Crippen molar-refractivity contribution in [3.05, 3.63) is 24.3 Å². The zero-order valence-corrected chi connectivity index (χ0v) is 7.14. The van der Waals surface area contributed by atoms with E-state index in [1.807, 2.05) is 0 Å². The van der Waals surface area contributed by atoms with E-state index >= 15 is 0 Å². The minimum atomic E-state index is -4.89. The van der Waals surface area contributed by atoms with E-state index in [-0.39, 0.29) is 0 Å². The average Bonchev–Trinajstić information content (AvgIpc) is 2.04. The third-order valence-electron chi connectivity index (χ3n) is 1.57. The van der Waals surface area contributed by atoms with Crippen LogP contribution in [-0.2, 0) is 0 Å². The molecule has 1 aromatic carbocycles. The molecule has 0 fully saturated rings. The van der Waals surface area contributed by atoms with Crippen molar-refractivity contribution in [3.8, 4) is 5.75 Å². The number of benzene rings is 1. The Balaban J connectivity index is 2.81. The van der Waals surface area contributed by atoms with Crippen molar-refractivity contribution < 1.29 is 17.7 Å². The maximum atomic E-state index is 12.1. The molecule has 5 heteroatoms. The highest BCUT2D eigenvalue weighted by molar-refractivity contribution is 6.73. The van der Waals surface area contributed by atoms with Crippen LogP contribution in [0.1, 0.15) is 6.92 Å². The van der Waals surface area contributed by atoms with Crippen LogP contribution in [0.4, 0.5) is 12.9 Å². The van der Waals surface area contributed by atoms with Gasteiger partial charge in [0.25, 0.3) is 0 Å². The zero-order chi connectivity index (χ0) is 9.90. The maximum Gasteiger partial charge on any atom is 0.509 e. The van der Waals surface area contributed by atoms with Gasteiger partial charge in [0.1, 0.15) is 5.75 Å². The summed E-state index contributed by atoms with van der Waals surface area (Å²) < 4.78 is 41.4. The summed E-state index contributed by atoms with van der Waals surface area (Å²) in [5, 5.41) is 0. The molecule has 0 radical (unpaired) electrons. The summed E-state index contributed by atoms with van der Waals surface area (Å²) in [6.45, 7) is -2.65. The van der Waals surface area contributed by atoms with Gasteiger partial charge < -0.3 is 17.7 Å². The quantitative estimate of drug-likeness (QED) is 0.661. The van der Waals surface area contributed by atoms with Crippen LogP contribution in [0.15, 0.2) is 24.3 Å². The first-order valence-corrected chi connectivity index (χ1v) is 3.96. The fourth-order valence-electron chi connectivity index (χ4n) is 0.949. The first-order valence-electron chi connectivity index (χ1n) is 3.96. The predicted molar refractivity (Wildman–Crippen MR) is 46.3 cm³/mol. The van der Waals surface area contributed by atoms with Crippen LogP contribution >= 0.6 is 0 Å². The van der Waals surface area contributed by atoms with Crippen LogP contribution in [0, 0.1) is 0 Å². The van der Waals surface area contributed by atoms with E-state index in [4.69, 9.17) is 4.74 Å². The van der Waals surface area contributed by atoms with Crippen LogP contribution in [0.25, 0.3) is 0 Å². The predicted octanol–water partition coefficient (Wildman–Crippen LogP) is 2.14. The summed E-state index contributed by atoms with van der Waals surface area (Å²) in [6, 6.07) is 4.72. The first kappa shape index (κ1) is 9.96. The molecule has 0 aromatic heterocycles. The molecule has 13 heavy (non-hydrogen) atoms. The monoisotopic (exact) mass is 189 g/mol. The van der Waals surface area contributed by atoms with E-state index in [2.05, 4.69) is 0 Å². The largest absolute Gasteiger partial charge is 0.509 e. The second-order valence-electron chi connectivity index (χ2n) is 2.58. The van der Waals surface area contributed by atoms with Gasteiger partial charge in [-0.15, -0.1) is 5.46 Å². The first-order chi connectivity index (χ1) is 6.04. The lowest BCUT2D eigenvalue weighted by atomic mass is 9.80. The topological polar surface area (TPSA) is 9.23 Å². The fraction of sp³-hybridized carbons (Fsp3) is 0.250. The summed E-state index contributed by atoms with van der Waals surface area (Å²) in [7, 11) is 0. The number of ether oxygens (including phenoxy) is 1. The van der Waals surface area contributed by atoms with E-state index in [9.17, 15) is 12.9 Å². The lowest BCUT2D eigenvalue weighted by Crippen LogP contribution is -2.33. The highest BCUT2D eigenvalue weighted by atomic mass is 19.4. The third-order valence-corrected chi connectivity index (χ3v) is 1.57. The molecule has 0 aliphatic carbocycles. The summed E-state index contributed by atoms with van der Waals surface area (Å²) in [6.07, 6.45) is 0. The molecule has 0 saturated carbocycles. The van der Waals surface area contributed by atoms with E-state index in [0.717, 1.165) is 12.1 Å². The standard InChI is InChI=1S/C8H9BF3O/c1-2-13-8-5-3-7(4-6-8)9(10,11)12/h3-6H,2H2,1H3/q-1. The van der Waals surface area contributed by atoms with Crippen molar-refractivity contribution in [2.75, 3.05) is 6.61 Å². The Labute approximate surface area is 74.6 Å². The molecule has 1 nitrogen and oxygen atoms in total. The van der Waals surface area contributed by atoms with Gasteiger partial charge in [-0.3, -0.25) is 0 Å². The van der Waals surface area contributed by atoms with Crippen LogP contribution in [0.3, 0.4) is 0 Å². The van der Waals surface area contributed by atoms with Gasteiger partial charge in [0.05, 0.1) is 6.61 Å². The SMILES string of the molecule is CCOc1ccc([B-](F)(F)F)cc1. The molecule has 72 valence electrons. The molecular formula is C8H9BF3O-. The molecule has 0 aliphatic heterocycles. The smallest absolute Gasteiger partial charge is 0.494 e. The molecule has 0 unspecified atom stereocenters. The van der Waals surface area contributed by atoms with Crippen molar-refractivity contribution in [3.63, 3.8) is 0 Å². The van der Waals surface area contributed by atoms with Gasteiger partial charge in [-0.05, 0) is 19.1 Å². The van der Waals surface area contributed by atoms with Gasteiger partial charge in [0, 0.05) is 0 Å². The van der Waals surface area contributed by atoms with Crippen molar-refractivity contribution in [1.29, 1.82) is 0 Å². The lowest BCUT2D eigenvalue weighted by molar-refractivity contribution is 0.340. The molecule has 0 spiro atoms. The van der Waals surface area contributed by atoms with Crippen LogP contribution < -0.4 is 10.2 Å². The summed E-state index contributed by atoms with van der Waals surface area (Å²) in [5.74, 6) is 0.464.